The highest BCUT2D eigenvalue weighted by atomic mass is 16.4. The number of nitrogens with zero attached hydrogens (tertiary/aromatic N) is 4. The van der Waals surface area contributed by atoms with Crippen molar-refractivity contribution in [1.82, 2.24) is 30.2 Å². The van der Waals surface area contributed by atoms with Crippen LogP contribution in [0.5, 0.6) is 5.75 Å². The summed E-state index contributed by atoms with van der Waals surface area (Å²) < 4.78 is 5.94. The van der Waals surface area contributed by atoms with Crippen LogP contribution < -0.4 is 16.1 Å². The summed E-state index contributed by atoms with van der Waals surface area (Å²) >= 11 is 0. The van der Waals surface area contributed by atoms with E-state index in [0.717, 1.165) is 6.07 Å². The van der Waals surface area contributed by atoms with Crippen LogP contribution in [-0.2, 0) is 30.4 Å². The van der Waals surface area contributed by atoms with Crippen LogP contribution in [0.15, 0.2) is 57.7 Å². The Morgan fingerprint density at radius 3 is 1.60 bits per heavy atom. The second kappa shape index (κ2) is 21.7. The summed E-state index contributed by atoms with van der Waals surface area (Å²) in [4.78, 5) is 103. The van der Waals surface area contributed by atoms with Gasteiger partial charge in [0.05, 0.1) is 37.3 Å². The number of carboxylic acids is 5. The van der Waals surface area contributed by atoms with Gasteiger partial charge in [0, 0.05) is 101 Å². The lowest BCUT2D eigenvalue weighted by Crippen LogP contribution is -2.50. The van der Waals surface area contributed by atoms with Crippen LogP contribution in [-0.4, -0.2) is 184 Å². The van der Waals surface area contributed by atoms with Crippen molar-refractivity contribution in [2.75, 3.05) is 91.6 Å². The van der Waals surface area contributed by atoms with Gasteiger partial charge in [-0.05, 0) is 47.9 Å². The number of carbonyl (C=O) groups is 7. The van der Waals surface area contributed by atoms with Crippen molar-refractivity contribution in [1.29, 1.82) is 0 Å². The molecule has 0 atom stereocenters. The van der Waals surface area contributed by atoms with E-state index >= 15 is 0 Å². The number of hydrogen-bond acceptors (Lipinski definition) is 14. The number of fused-ring (bicyclic) bond motifs is 2. The molecule has 21 heteroatoms. The third-order valence-electron chi connectivity index (χ3n) is 10.4. The molecule has 0 bridgehead atoms. The van der Waals surface area contributed by atoms with Crippen molar-refractivity contribution in [2.45, 2.75) is 12.8 Å². The number of aliphatic carboxylic acids is 3. The fraction of sp³-hybridized carbons (Fsp3) is 0.381. The number of phenolic OH excluding ortho intramolecular Hbond substituents is 1. The molecule has 2 aliphatic heterocycles. The predicted octanol–water partition coefficient (Wildman–Crippen LogP) is 0.307. The highest BCUT2D eigenvalue weighted by Crippen LogP contribution is 2.43. The Morgan fingerprint density at radius 1 is 0.587 bits per heavy atom. The number of aromatic carboxylic acids is 2. The minimum absolute atomic E-state index is 0.0189. The van der Waals surface area contributed by atoms with E-state index in [1.165, 1.54) is 42.5 Å². The smallest absolute Gasteiger partial charge is 0.336 e. The number of aromatic hydroxyl groups is 1. The summed E-state index contributed by atoms with van der Waals surface area (Å²) in [7, 11) is 0. The third-order valence-corrected chi connectivity index (χ3v) is 10.4. The zero-order valence-electron chi connectivity index (χ0n) is 34.1. The molecule has 3 aliphatic rings. The first-order chi connectivity index (χ1) is 30.0. The third kappa shape index (κ3) is 13.5. The van der Waals surface area contributed by atoms with Gasteiger partial charge in [-0.15, -0.1) is 0 Å². The second-order valence-corrected chi connectivity index (χ2v) is 15.0. The lowest BCUT2D eigenvalue weighted by molar-refractivity contribution is -0.140. The molecular weight excluding hydrogens is 828 g/mol. The molecule has 0 radical (unpaired) electrons. The Bertz CT molecular complexity index is 2370. The molecule has 2 amide bonds. The Morgan fingerprint density at radius 2 is 1.10 bits per heavy atom. The number of aryl methyl sites for hydroxylation is 1. The quantitative estimate of drug-likeness (QED) is 0.0523. The molecule has 2 heterocycles. The van der Waals surface area contributed by atoms with Gasteiger partial charge < -0.3 is 45.7 Å². The van der Waals surface area contributed by atoms with Crippen molar-refractivity contribution < 1.29 is 68.6 Å². The first-order valence-corrected chi connectivity index (χ1v) is 19.9. The van der Waals surface area contributed by atoms with E-state index in [9.17, 15) is 69.0 Å². The van der Waals surface area contributed by atoms with Crippen LogP contribution in [0.1, 0.15) is 32.7 Å². The maximum absolute atomic E-state index is 13.0. The van der Waals surface area contributed by atoms with Crippen LogP contribution in [0.25, 0.3) is 33.4 Å². The minimum atomic E-state index is -1.40. The van der Waals surface area contributed by atoms with Gasteiger partial charge in [-0.3, -0.25) is 48.4 Å². The molecule has 63 heavy (non-hydrogen) atoms. The van der Waals surface area contributed by atoms with Crippen molar-refractivity contribution >= 4 is 52.6 Å². The van der Waals surface area contributed by atoms with E-state index in [2.05, 4.69) is 10.6 Å². The summed E-state index contributed by atoms with van der Waals surface area (Å²) in [5, 5.41) is 64.6. The lowest BCUT2D eigenvalue weighted by atomic mass is 9.89. The van der Waals surface area contributed by atoms with E-state index in [4.69, 9.17) is 4.42 Å². The van der Waals surface area contributed by atoms with Gasteiger partial charge in [0.1, 0.15) is 17.1 Å². The molecule has 1 fully saturated rings. The Balaban J connectivity index is 1.22. The van der Waals surface area contributed by atoms with Crippen LogP contribution in [0, 0.1) is 0 Å². The first kappa shape index (κ1) is 47.1. The molecular formula is C42H48N6O15. The van der Waals surface area contributed by atoms with Crippen molar-refractivity contribution in [2.24, 2.45) is 0 Å². The van der Waals surface area contributed by atoms with Crippen molar-refractivity contribution in [3.8, 4) is 28.2 Å². The number of carboxylic acid groups (broad SMARTS) is 5. The van der Waals surface area contributed by atoms with Gasteiger partial charge in [0.2, 0.25) is 11.8 Å². The second-order valence-electron chi connectivity index (χ2n) is 15.0. The summed E-state index contributed by atoms with van der Waals surface area (Å²) in [6.07, 6.45) is -0.0904. The Kier molecular flexibility index (Phi) is 16.2. The van der Waals surface area contributed by atoms with Crippen LogP contribution in [0.4, 0.5) is 0 Å². The first-order valence-electron chi connectivity index (χ1n) is 19.9. The Hall–Kier alpha value is -6.94. The average Bonchev–Trinajstić information content (AvgIpc) is 3.20. The standard InChI is InChI=1S/C42H48N6O15/c49-27-3-5-29-33(19-27)63-34-20-32(50)25(17-31(34)40(29)28-4-1-26(41(59)60)18-30(28)42(61)62)2-6-35(51)43-7-8-44-36(52)21-45-9-11-46(22-37(53)54)13-15-48(24-39(57)58)16-14-47(12-10-45)23-38(55)56/h1,3-5,17-20,50H,2,6-16,21-24H2,(H,43,51)(H,44,52)(H,53,54)(H,55,56)(H,57,58)(H,59,60)(H,61,62). The molecule has 0 saturated carbocycles. The summed E-state index contributed by atoms with van der Waals surface area (Å²) in [5.41, 5.74) is 0.193. The molecule has 21 nitrogen and oxygen atoms in total. The maximum Gasteiger partial charge on any atom is 0.336 e. The number of benzene rings is 3. The molecule has 336 valence electrons. The predicted molar refractivity (Wildman–Crippen MR) is 223 cm³/mol. The summed E-state index contributed by atoms with van der Waals surface area (Å²) in [6, 6.07) is 10.4. The summed E-state index contributed by atoms with van der Waals surface area (Å²) in [6.45, 7) is 0.990. The highest BCUT2D eigenvalue weighted by Gasteiger charge is 2.25. The van der Waals surface area contributed by atoms with E-state index in [0.29, 0.717) is 22.1 Å². The number of carbonyl (C=O) groups excluding carboxylic acids is 2. The molecule has 0 spiro atoms. The van der Waals surface area contributed by atoms with E-state index < -0.39 is 41.7 Å². The zero-order chi connectivity index (χ0) is 45.8. The topological polar surface area (TPSA) is 308 Å². The Labute approximate surface area is 359 Å². The minimum Gasteiger partial charge on any atom is -0.508 e. The van der Waals surface area contributed by atoms with Gasteiger partial charge in [0.15, 0.2) is 5.43 Å². The number of rotatable bonds is 17. The van der Waals surface area contributed by atoms with Gasteiger partial charge in [0.25, 0.3) is 0 Å². The van der Waals surface area contributed by atoms with Gasteiger partial charge >= 0.3 is 29.8 Å². The maximum atomic E-state index is 13.0. The van der Waals surface area contributed by atoms with Gasteiger partial charge in [-0.25, -0.2) is 9.59 Å². The molecule has 1 saturated heterocycles. The van der Waals surface area contributed by atoms with Crippen LogP contribution >= 0.6 is 0 Å². The lowest BCUT2D eigenvalue weighted by Gasteiger charge is -2.32. The molecule has 2 aromatic carbocycles. The summed E-state index contributed by atoms with van der Waals surface area (Å²) in [5.74, 6) is -6.91. The van der Waals surface area contributed by atoms with Crippen molar-refractivity contribution in [3.63, 3.8) is 0 Å². The molecule has 0 unspecified atom stereocenters. The fourth-order valence-electron chi connectivity index (χ4n) is 7.30. The van der Waals surface area contributed by atoms with E-state index in [1.54, 1.807) is 19.6 Å². The molecule has 8 N–H and O–H groups in total. The highest BCUT2D eigenvalue weighted by molar-refractivity contribution is 6.09. The van der Waals surface area contributed by atoms with Gasteiger partial charge in [-0.1, -0.05) is 6.07 Å². The molecule has 5 rings (SSSR count). The average molecular weight is 877 g/mol. The van der Waals surface area contributed by atoms with Crippen molar-refractivity contribution in [3.05, 3.63) is 75.4 Å². The SMILES string of the molecule is O=C(O)CN1CCN(CC(=O)O)CCN(CC(=O)NCCNC(=O)CCc2cc3c(-c4ccc(C(=O)O)cc4C(=O)O)c4ccc(=O)cc-4oc3cc2O)CCN(CC(=O)O)CC1. The monoisotopic (exact) mass is 876 g/mol. The number of hydrogen-bond donors (Lipinski definition) is 8. The van der Waals surface area contributed by atoms with Crippen LogP contribution in [0.2, 0.25) is 0 Å². The van der Waals surface area contributed by atoms with E-state index in [1.807, 2.05) is 0 Å². The number of phenols is 1. The zero-order valence-corrected chi connectivity index (χ0v) is 34.1. The van der Waals surface area contributed by atoms with Gasteiger partial charge in [-0.2, -0.15) is 0 Å². The van der Waals surface area contributed by atoms with Crippen LogP contribution in [0.3, 0.4) is 0 Å². The fourth-order valence-corrected chi connectivity index (χ4v) is 7.30. The number of amides is 2. The normalized spacial score (nSPS) is 15.0. The van der Waals surface area contributed by atoms with E-state index in [-0.39, 0.29) is 144 Å². The molecule has 0 aromatic heterocycles. The molecule has 2 aromatic rings. The number of nitrogens with one attached hydrogen (secondary N) is 2. The largest absolute Gasteiger partial charge is 0.508 e. The molecule has 1 aliphatic carbocycles.